The zero-order valence-corrected chi connectivity index (χ0v) is 55.3. The van der Waals surface area contributed by atoms with E-state index < -0.39 is 26.5 Å². The van der Waals surface area contributed by atoms with Crippen LogP contribution in [0.5, 0.6) is 0 Å². The fourth-order valence-electron chi connectivity index (χ4n) is 10.4. The molecular formula is C73H134NO8P. The number of hydrogen-bond acceptors (Lipinski definition) is 8. The molecule has 0 fully saturated rings. The maximum absolute atomic E-state index is 12.8. The number of carbonyl (C=O) groups excluding carboxylic acids is 2. The lowest BCUT2D eigenvalue weighted by molar-refractivity contribution is -0.161. The molecule has 0 heterocycles. The normalized spacial score (nSPS) is 13.3. The van der Waals surface area contributed by atoms with Crippen LogP contribution in [0.2, 0.25) is 0 Å². The van der Waals surface area contributed by atoms with Crippen LogP contribution in [0.15, 0.2) is 72.9 Å². The number of nitrogens with two attached hydrogens (primary N) is 1. The van der Waals surface area contributed by atoms with Gasteiger partial charge < -0.3 is 20.1 Å². The summed E-state index contributed by atoms with van der Waals surface area (Å²) in [5.41, 5.74) is 5.40. The molecule has 9 nitrogen and oxygen atoms in total. The second kappa shape index (κ2) is 68.6. The molecule has 0 aliphatic rings. The SMILES string of the molecule is CC/C=C\C/C=C\C/C=C\C/C=C\C/C=C\CCCCCCCCCCCCCCCCCC(=O)OC(COC(=O)CCCCCCCCCCCCCCCCCCCCC/C=C\CCCCCCCCCC)COP(=O)(O)OCCN. The van der Waals surface area contributed by atoms with E-state index in [0.29, 0.717) is 6.42 Å². The minimum absolute atomic E-state index is 0.0533. The van der Waals surface area contributed by atoms with E-state index in [4.69, 9.17) is 24.3 Å². The second-order valence-electron chi connectivity index (χ2n) is 23.7. The van der Waals surface area contributed by atoms with E-state index in [0.717, 1.165) is 70.6 Å². The number of hydrogen-bond donors (Lipinski definition) is 2. The molecule has 0 radical (unpaired) electrons. The predicted octanol–water partition coefficient (Wildman–Crippen LogP) is 23.2. The molecule has 484 valence electrons. The van der Waals surface area contributed by atoms with E-state index in [1.807, 2.05) is 0 Å². The van der Waals surface area contributed by atoms with E-state index in [2.05, 4.69) is 86.8 Å². The lowest BCUT2D eigenvalue weighted by atomic mass is 10.0. The Hall–Kier alpha value is -2.55. The molecule has 2 unspecified atom stereocenters. The standard InChI is InChI=1S/C73H134NO8P/c1-3-5-7-9-11-13-15-17-19-21-23-25-27-29-31-33-35-37-39-41-43-45-47-49-51-53-55-57-59-61-63-65-72(75)79-69-71(70-81-83(77,78)80-68-67-74)82-73(76)66-64-62-60-58-56-54-52-50-48-46-44-42-40-38-36-34-32-30-28-26-24-22-20-18-16-14-12-10-8-6-4-2/h6,8,12,14,18,20-21,23-24,26,30,32,71H,3-5,7,9-11,13,15-17,19,22,25,27-29,31,33-70,74H2,1-2H3,(H,77,78)/b8-6-,14-12-,20-18-,23-21-,26-24-,32-30-. The maximum Gasteiger partial charge on any atom is 0.472 e. The summed E-state index contributed by atoms with van der Waals surface area (Å²) in [4.78, 5) is 35.4. The molecule has 0 aromatic heterocycles. The van der Waals surface area contributed by atoms with E-state index in [-0.39, 0.29) is 38.6 Å². The molecule has 0 aromatic carbocycles. The van der Waals surface area contributed by atoms with Gasteiger partial charge in [-0.1, -0.05) is 324 Å². The van der Waals surface area contributed by atoms with Gasteiger partial charge in [0.2, 0.25) is 0 Å². The Kier molecular flexibility index (Phi) is 66.5. The van der Waals surface area contributed by atoms with Gasteiger partial charge in [0.15, 0.2) is 6.10 Å². The summed E-state index contributed by atoms with van der Waals surface area (Å²) in [5.74, 6) is -0.812. The van der Waals surface area contributed by atoms with Gasteiger partial charge in [0, 0.05) is 19.4 Å². The number of phosphoric ester groups is 1. The van der Waals surface area contributed by atoms with Gasteiger partial charge in [0.05, 0.1) is 13.2 Å². The molecule has 10 heteroatoms. The number of carbonyl (C=O) groups is 2. The van der Waals surface area contributed by atoms with Crippen LogP contribution in [0.1, 0.15) is 348 Å². The first-order valence-corrected chi connectivity index (χ1v) is 36.9. The van der Waals surface area contributed by atoms with E-state index in [9.17, 15) is 19.0 Å². The third-order valence-electron chi connectivity index (χ3n) is 15.6. The molecule has 0 aliphatic heterocycles. The molecule has 3 N–H and O–H groups in total. The summed E-state index contributed by atoms with van der Waals surface area (Å²) in [6, 6.07) is 0. The third kappa shape index (κ3) is 68.4. The van der Waals surface area contributed by atoms with Crippen molar-refractivity contribution in [1.29, 1.82) is 0 Å². The predicted molar refractivity (Wildman–Crippen MR) is 358 cm³/mol. The Morgan fingerprint density at radius 3 is 1.00 bits per heavy atom. The molecule has 0 spiro atoms. The van der Waals surface area contributed by atoms with Crippen LogP contribution in [0.4, 0.5) is 0 Å². The number of allylic oxidation sites excluding steroid dienone is 12. The van der Waals surface area contributed by atoms with Crippen LogP contribution in [0.3, 0.4) is 0 Å². The van der Waals surface area contributed by atoms with Crippen LogP contribution < -0.4 is 5.73 Å². The highest BCUT2D eigenvalue weighted by Gasteiger charge is 2.26. The summed E-state index contributed by atoms with van der Waals surface area (Å²) in [6.07, 6.45) is 90.0. The molecule has 0 saturated carbocycles. The van der Waals surface area contributed by atoms with Crippen molar-refractivity contribution >= 4 is 19.8 Å². The van der Waals surface area contributed by atoms with Gasteiger partial charge in [-0.2, -0.15) is 0 Å². The molecule has 2 atom stereocenters. The maximum atomic E-state index is 12.8. The highest BCUT2D eigenvalue weighted by Crippen LogP contribution is 2.43. The highest BCUT2D eigenvalue weighted by atomic mass is 31.2. The molecule has 0 rings (SSSR count). The van der Waals surface area contributed by atoms with Crippen molar-refractivity contribution in [1.82, 2.24) is 0 Å². The average Bonchev–Trinajstić information content (AvgIpc) is 3.48. The molecule has 0 aromatic rings. The Morgan fingerprint density at radius 2 is 0.663 bits per heavy atom. The smallest absolute Gasteiger partial charge is 0.462 e. The summed E-state index contributed by atoms with van der Waals surface area (Å²) in [6.45, 7) is 3.68. The Balaban J connectivity index is 3.84. The number of unbranched alkanes of at least 4 members (excludes halogenated alkanes) is 42. The first-order valence-electron chi connectivity index (χ1n) is 35.4. The van der Waals surface area contributed by atoms with Crippen molar-refractivity contribution in [3.05, 3.63) is 72.9 Å². The molecule has 0 amide bonds. The number of esters is 2. The molecule has 83 heavy (non-hydrogen) atoms. The molecule has 0 aliphatic carbocycles. The fourth-order valence-corrected chi connectivity index (χ4v) is 11.1. The Morgan fingerprint density at radius 1 is 0.373 bits per heavy atom. The zero-order chi connectivity index (χ0) is 60.1. The lowest BCUT2D eigenvalue weighted by Gasteiger charge is -2.19. The van der Waals surface area contributed by atoms with Crippen molar-refractivity contribution in [2.45, 2.75) is 354 Å². The van der Waals surface area contributed by atoms with Gasteiger partial charge in [0.1, 0.15) is 6.61 Å². The van der Waals surface area contributed by atoms with E-state index in [1.165, 1.54) is 244 Å². The molecule has 0 saturated heterocycles. The number of phosphoric acid groups is 1. The summed E-state index contributed by atoms with van der Waals surface area (Å²) in [7, 11) is -4.39. The number of ether oxygens (including phenoxy) is 2. The second-order valence-corrected chi connectivity index (χ2v) is 25.2. The van der Waals surface area contributed by atoms with E-state index in [1.54, 1.807) is 0 Å². The minimum Gasteiger partial charge on any atom is -0.462 e. The van der Waals surface area contributed by atoms with Crippen LogP contribution in [0.25, 0.3) is 0 Å². The van der Waals surface area contributed by atoms with Crippen molar-refractivity contribution < 1.29 is 37.6 Å². The first kappa shape index (κ1) is 80.5. The Labute approximate surface area is 513 Å². The van der Waals surface area contributed by atoms with E-state index >= 15 is 0 Å². The van der Waals surface area contributed by atoms with Crippen LogP contribution in [0, 0.1) is 0 Å². The highest BCUT2D eigenvalue weighted by molar-refractivity contribution is 7.47. The lowest BCUT2D eigenvalue weighted by Crippen LogP contribution is -2.29. The topological polar surface area (TPSA) is 134 Å². The van der Waals surface area contributed by atoms with Gasteiger partial charge in [-0.15, -0.1) is 0 Å². The van der Waals surface area contributed by atoms with Crippen molar-refractivity contribution in [2.24, 2.45) is 5.73 Å². The van der Waals surface area contributed by atoms with Crippen LogP contribution >= 0.6 is 7.82 Å². The fraction of sp³-hybridized carbons (Fsp3) is 0.808. The van der Waals surface area contributed by atoms with Crippen molar-refractivity contribution in [3.63, 3.8) is 0 Å². The molecular weight excluding hydrogens is 1050 g/mol. The van der Waals surface area contributed by atoms with Gasteiger partial charge in [-0.3, -0.25) is 18.6 Å². The van der Waals surface area contributed by atoms with Gasteiger partial charge in [-0.05, 0) is 83.5 Å². The third-order valence-corrected chi connectivity index (χ3v) is 16.6. The van der Waals surface area contributed by atoms with Crippen LogP contribution in [-0.4, -0.2) is 49.3 Å². The zero-order valence-electron chi connectivity index (χ0n) is 54.4. The molecule has 0 bridgehead atoms. The first-order chi connectivity index (χ1) is 40.8. The number of rotatable bonds is 67. The van der Waals surface area contributed by atoms with Gasteiger partial charge in [-0.25, -0.2) is 4.57 Å². The summed E-state index contributed by atoms with van der Waals surface area (Å²) >= 11 is 0. The van der Waals surface area contributed by atoms with Crippen molar-refractivity contribution in [2.75, 3.05) is 26.4 Å². The minimum atomic E-state index is -4.39. The van der Waals surface area contributed by atoms with Crippen LogP contribution in [-0.2, 0) is 32.7 Å². The Bertz CT molecular complexity index is 1590. The monoisotopic (exact) mass is 1180 g/mol. The largest absolute Gasteiger partial charge is 0.472 e. The quantitative estimate of drug-likeness (QED) is 0.0264. The summed E-state index contributed by atoms with van der Waals surface area (Å²) < 4.78 is 33.2. The van der Waals surface area contributed by atoms with Gasteiger partial charge >= 0.3 is 19.8 Å². The average molecular weight is 1180 g/mol. The summed E-state index contributed by atoms with van der Waals surface area (Å²) in [5, 5.41) is 0. The van der Waals surface area contributed by atoms with Gasteiger partial charge in [0.25, 0.3) is 0 Å². The van der Waals surface area contributed by atoms with Crippen molar-refractivity contribution in [3.8, 4) is 0 Å².